The first-order chi connectivity index (χ1) is 10.1. The van der Waals surface area contributed by atoms with Gasteiger partial charge in [0.05, 0.1) is 0 Å². The lowest BCUT2D eigenvalue weighted by molar-refractivity contribution is 0.473. The Morgan fingerprint density at radius 3 is 1.81 bits per heavy atom. The van der Waals surface area contributed by atoms with Crippen LogP contribution in [-0.2, 0) is 0 Å². The molecule has 0 bridgehead atoms. The van der Waals surface area contributed by atoms with Crippen LogP contribution in [0.2, 0.25) is 0 Å². The molecule has 4 nitrogen and oxygen atoms in total. The van der Waals surface area contributed by atoms with Crippen molar-refractivity contribution in [3.8, 4) is 11.5 Å². The Morgan fingerprint density at radius 1 is 0.857 bits per heavy atom. The van der Waals surface area contributed by atoms with E-state index in [1.165, 1.54) is 0 Å². The molecular weight excluding hydrogens is 264 g/mol. The molecule has 2 rings (SSSR count). The van der Waals surface area contributed by atoms with Crippen LogP contribution in [0.5, 0.6) is 11.5 Å². The van der Waals surface area contributed by atoms with Crippen molar-refractivity contribution < 1.29 is 10.2 Å². The van der Waals surface area contributed by atoms with E-state index in [2.05, 4.69) is 0 Å². The van der Waals surface area contributed by atoms with Crippen molar-refractivity contribution in [2.75, 3.05) is 6.54 Å². The smallest absolute Gasteiger partial charge is 0.122 e. The highest BCUT2D eigenvalue weighted by molar-refractivity contribution is 5.69. The van der Waals surface area contributed by atoms with Crippen LogP contribution in [0.15, 0.2) is 59.8 Å². The van der Waals surface area contributed by atoms with Gasteiger partial charge in [-0.2, -0.15) is 0 Å². The van der Waals surface area contributed by atoms with Crippen molar-refractivity contribution in [3.05, 3.63) is 70.9 Å². The monoisotopic (exact) mass is 282 g/mol. The first-order valence-electron chi connectivity index (χ1n) is 6.56. The zero-order valence-corrected chi connectivity index (χ0v) is 11.5. The molecule has 0 aliphatic heterocycles. The van der Waals surface area contributed by atoms with E-state index in [0.717, 1.165) is 0 Å². The topological polar surface area (TPSA) is 92.5 Å². The number of aromatic hydroxyl groups is 2. The number of benzene rings is 2. The van der Waals surface area contributed by atoms with Crippen molar-refractivity contribution in [2.24, 2.45) is 11.5 Å². The van der Waals surface area contributed by atoms with Crippen LogP contribution in [0.4, 0.5) is 0 Å². The summed E-state index contributed by atoms with van der Waals surface area (Å²) >= 11 is 0. The molecule has 0 heterocycles. The summed E-state index contributed by atoms with van der Waals surface area (Å²) in [5.74, 6) is 0.318. The molecule has 108 valence electrons. The van der Waals surface area contributed by atoms with Crippen molar-refractivity contribution in [1.82, 2.24) is 0 Å². The molecule has 0 fully saturated rings. The molecule has 0 saturated carbocycles. The van der Waals surface area contributed by atoms with Gasteiger partial charge in [-0.1, -0.05) is 36.4 Å². The van der Waals surface area contributed by atoms with Crippen LogP contribution >= 0.6 is 0 Å². The molecular formula is C17H18N2O2. The molecule has 0 atom stereocenters. The van der Waals surface area contributed by atoms with Crippen molar-refractivity contribution >= 4 is 12.2 Å². The quantitative estimate of drug-likeness (QED) is 0.648. The molecule has 4 heteroatoms. The van der Waals surface area contributed by atoms with Crippen molar-refractivity contribution in [3.63, 3.8) is 0 Å². The molecule has 0 spiro atoms. The van der Waals surface area contributed by atoms with Crippen LogP contribution < -0.4 is 11.5 Å². The van der Waals surface area contributed by atoms with E-state index in [-0.39, 0.29) is 18.0 Å². The summed E-state index contributed by atoms with van der Waals surface area (Å²) < 4.78 is 0. The average molecular weight is 282 g/mol. The number of hydrogen-bond donors (Lipinski definition) is 4. The minimum absolute atomic E-state index is 0.152. The molecule has 2 aromatic carbocycles. The number of nitrogens with two attached hydrogens (primary N) is 2. The predicted molar refractivity (Wildman–Crippen MR) is 85.4 cm³/mol. The van der Waals surface area contributed by atoms with Gasteiger partial charge in [0.1, 0.15) is 11.5 Å². The van der Waals surface area contributed by atoms with E-state index in [1.54, 1.807) is 48.6 Å². The fourth-order valence-corrected chi connectivity index (χ4v) is 1.93. The molecule has 2 aromatic rings. The third-order valence-corrected chi connectivity index (χ3v) is 3.10. The zero-order valence-electron chi connectivity index (χ0n) is 11.5. The number of hydrogen-bond acceptors (Lipinski definition) is 4. The van der Waals surface area contributed by atoms with Crippen LogP contribution in [0.1, 0.15) is 11.1 Å². The molecule has 0 unspecified atom stereocenters. The van der Waals surface area contributed by atoms with Gasteiger partial charge in [0.2, 0.25) is 0 Å². The Bertz CT molecular complexity index is 691. The number of rotatable bonds is 4. The first kappa shape index (κ1) is 14.7. The molecule has 0 aliphatic rings. The number of para-hydroxylation sites is 2. The van der Waals surface area contributed by atoms with Crippen molar-refractivity contribution in [1.29, 1.82) is 0 Å². The number of phenolic OH excluding ortho intramolecular Hbond substituents is 2. The van der Waals surface area contributed by atoms with Gasteiger partial charge in [-0.05, 0) is 29.9 Å². The van der Waals surface area contributed by atoms with Crippen LogP contribution in [0.25, 0.3) is 12.2 Å². The second-order valence-corrected chi connectivity index (χ2v) is 4.59. The van der Waals surface area contributed by atoms with Gasteiger partial charge < -0.3 is 21.7 Å². The maximum Gasteiger partial charge on any atom is 0.122 e. The summed E-state index contributed by atoms with van der Waals surface area (Å²) in [7, 11) is 0. The Hall–Kier alpha value is -2.72. The maximum absolute atomic E-state index is 9.78. The molecule has 6 N–H and O–H groups in total. The minimum atomic E-state index is 0.152. The van der Waals surface area contributed by atoms with Crippen LogP contribution in [0, 0.1) is 0 Å². The number of phenols is 2. The van der Waals surface area contributed by atoms with Gasteiger partial charge in [0.25, 0.3) is 0 Å². The normalized spacial score (nSPS) is 12.4. The van der Waals surface area contributed by atoms with E-state index in [0.29, 0.717) is 22.4 Å². The van der Waals surface area contributed by atoms with E-state index in [1.807, 2.05) is 12.1 Å². The predicted octanol–water partition coefficient (Wildman–Crippen LogP) is 2.44. The fraction of sp³-hybridized carbons (Fsp3) is 0.0588. The maximum atomic E-state index is 9.78. The zero-order chi connectivity index (χ0) is 15.2. The summed E-state index contributed by atoms with van der Waals surface area (Å²) in [6, 6.07) is 13.8. The van der Waals surface area contributed by atoms with Crippen LogP contribution in [0.3, 0.4) is 0 Å². The standard InChI is InChI=1S/C17H18N2O2/c18-11-14(9-12-5-1-3-7-16(12)20)15(19)10-13-6-2-4-8-17(13)21/h1-10,20-21H,11,18-19H2/b14-9+,15-10+. The molecule has 0 saturated heterocycles. The largest absolute Gasteiger partial charge is 0.507 e. The van der Waals surface area contributed by atoms with Gasteiger partial charge in [0.15, 0.2) is 0 Å². The average Bonchev–Trinajstić information content (AvgIpc) is 2.48. The SMILES string of the molecule is NCC(=C\c1ccccc1O)/C(N)=C\c1ccccc1O. The Kier molecular flexibility index (Phi) is 4.64. The fourth-order valence-electron chi connectivity index (χ4n) is 1.93. The highest BCUT2D eigenvalue weighted by Crippen LogP contribution is 2.23. The third-order valence-electron chi connectivity index (χ3n) is 3.10. The minimum Gasteiger partial charge on any atom is -0.507 e. The second kappa shape index (κ2) is 6.63. The van der Waals surface area contributed by atoms with Crippen molar-refractivity contribution in [2.45, 2.75) is 0 Å². The summed E-state index contributed by atoms with van der Waals surface area (Å²) in [6.45, 7) is 0.226. The lowest BCUT2D eigenvalue weighted by Gasteiger charge is -2.07. The van der Waals surface area contributed by atoms with E-state index < -0.39 is 0 Å². The lowest BCUT2D eigenvalue weighted by atomic mass is 10.0. The van der Waals surface area contributed by atoms with E-state index in [4.69, 9.17) is 11.5 Å². The summed E-state index contributed by atoms with van der Waals surface area (Å²) in [6.07, 6.45) is 3.40. The molecule has 21 heavy (non-hydrogen) atoms. The molecule has 0 aromatic heterocycles. The first-order valence-corrected chi connectivity index (χ1v) is 6.56. The highest BCUT2D eigenvalue weighted by atomic mass is 16.3. The lowest BCUT2D eigenvalue weighted by Crippen LogP contribution is -2.11. The molecule has 0 aliphatic carbocycles. The summed E-state index contributed by atoms with van der Waals surface area (Å²) in [5, 5.41) is 19.5. The summed E-state index contributed by atoms with van der Waals surface area (Å²) in [5.41, 5.74) is 14.2. The van der Waals surface area contributed by atoms with Crippen LogP contribution in [-0.4, -0.2) is 16.8 Å². The molecule has 0 amide bonds. The van der Waals surface area contributed by atoms with Gasteiger partial charge >= 0.3 is 0 Å². The highest BCUT2D eigenvalue weighted by Gasteiger charge is 2.04. The second-order valence-electron chi connectivity index (χ2n) is 4.59. The van der Waals surface area contributed by atoms with E-state index >= 15 is 0 Å². The van der Waals surface area contributed by atoms with Gasteiger partial charge in [-0.3, -0.25) is 0 Å². The Labute approximate surface area is 123 Å². The Morgan fingerprint density at radius 2 is 1.33 bits per heavy atom. The summed E-state index contributed by atoms with van der Waals surface area (Å²) in [4.78, 5) is 0. The Balaban J connectivity index is 2.38. The van der Waals surface area contributed by atoms with E-state index in [9.17, 15) is 10.2 Å². The third kappa shape index (κ3) is 3.64. The van der Waals surface area contributed by atoms with Gasteiger partial charge in [-0.25, -0.2) is 0 Å². The van der Waals surface area contributed by atoms with Gasteiger partial charge in [-0.15, -0.1) is 0 Å². The molecule has 0 radical (unpaired) electrons. The van der Waals surface area contributed by atoms with Gasteiger partial charge in [0, 0.05) is 23.4 Å².